The fourth-order valence-corrected chi connectivity index (χ4v) is 5.06. The van der Waals surface area contributed by atoms with E-state index in [2.05, 4.69) is 10.0 Å². The summed E-state index contributed by atoms with van der Waals surface area (Å²) in [6.45, 7) is 3.86. The second kappa shape index (κ2) is 6.15. The maximum absolute atomic E-state index is 12.2. The Kier molecular flexibility index (Phi) is 4.36. The maximum Gasteiger partial charge on any atom is 0.328 e. The zero-order chi connectivity index (χ0) is 16.6. The van der Waals surface area contributed by atoms with Crippen LogP contribution in [0.25, 0.3) is 0 Å². The van der Waals surface area contributed by atoms with Crippen LogP contribution in [0.2, 0.25) is 0 Å². The van der Waals surface area contributed by atoms with Crippen LogP contribution in [0.15, 0.2) is 29.2 Å². The van der Waals surface area contributed by atoms with Crippen molar-refractivity contribution in [2.45, 2.75) is 50.5 Å². The van der Waals surface area contributed by atoms with Crippen molar-refractivity contribution in [3.05, 3.63) is 29.8 Å². The van der Waals surface area contributed by atoms with Gasteiger partial charge in [-0.25, -0.2) is 17.9 Å². The molecule has 2 fully saturated rings. The van der Waals surface area contributed by atoms with Gasteiger partial charge in [-0.3, -0.25) is 0 Å². The fraction of sp³-hybridized carbons (Fsp3) is 0.588. The van der Waals surface area contributed by atoms with Crippen LogP contribution in [0.1, 0.15) is 38.2 Å². The van der Waals surface area contributed by atoms with Crippen molar-refractivity contribution in [1.82, 2.24) is 10.0 Å². The van der Waals surface area contributed by atoms with Gasteiger partial charge in [0.15, 0.2) is 0 Å². The molecule has 2 N–H and O–H groups in total. The molecule has 0 saturated heterocycles. The van der Waals surface area contributed by atoms with Crippen LogP contribution in [0, 0.1) is 24.7 Å². The van der Waals surface area contributed by atoms with Gasteiger partial charge in [-0.1, -0.05) is 24.1 Å². The number of hydrogen-bond acceptors (Lipinski definition) is 3. The van der Waals surface area contributed by atoms with Crippen LogP contribution >= 0.6 is 0 Å². The molecule has 6 heteroatoms. The molecular formula is C17H24N2O3S. The number of nitrogens with one attached hydrogen (secondary N) is 2. The highest BCUT2D eigenvalue weighted by Crippen LogP contribution is 2.49. The maximum atomic E-state index is 12.2. The molecule has 0 aromatic heterocycles. The van der Waals surface area contributed by atoms with Gasteiger partial charge in [-0.15, -0.1) is 0 Å². The van der Waals surface area contributed by atoms with Gasteiger partial charge in [-0.05, 0) is 63.0 Å². The van der Waals surface area contributed by atoms with Crippen LogP contribution < -0.4 is 10.0 Å². The molecule has 0 aliphatic heterocycles. The van der Waals surface area contributed by atoms with Crippen molar-refractivity contribution in [1.29, 1.82) is 0 Å². The third kappa shape index (κ3) is 3.52. The highest BCUT2D eigenvalue weighted by molar-refractivity contribution is 7.90. The average molecular weight is 336 g/mol. The van der Waals surface area contributed by atoms with Gasteiger partial charge >= 0.3 is 6.03 Å². The first-order valence-electron chi connectivity index (χ1n) is 8.25. The van der Waals surface area contributed by atoms with Crippen LogP contribution in [-0.4, -0.2) is 20.5 Å². The Morgan fingerprint density at radius 2 is 1.87 bits per heavy atom. The van der Waals surface area contributed by atoms with E-state index >= 15 is 0 Å². The topological polar surface area (TPSA) is 75.3 Å². The predicted molar refractivity (Wildman–Crippen MR) is 88.4 cm³/mol. The summed E-state index contributed by atoms with van der Waals surface area (Å²) in [5.74, 6) is 1.96. The molecule has 23 heavy (non-hydrogen) atoms. The van der Waals surface area contributed by atoms with Gasteiger partial charge in [0.2, 0.25) is 0 Å². The molecule has 2 aliphatic carbocycles. The number of rotatable bonds is 4. The Bertz CT molecular complexity index is 684. The molecular weight excluding hydrogens is 312 g/mol. The van der Waals surface area contributed by atoms with Gasteiger partial charge in [0.25, 0.3) is 10.0 Å². The van der Waals surface area contributed by atoms with Gasteiger partial charge in [-0.2, -0.15) is 0 Å². The summed E-state index contributed by atoms with van der Waals surface area (Å²) in [5.41, 5.74) is 0.971. The monoisotopic (exact) mass is 336 g/mol. The lowest BCUT2D eigenvalue weighted by Crippen LogP contribution is -2.46. The summed E-state index contributed by atoms with van der Waals surface area (Å²) in [4.78, 5) is 12.2. The summed E-state index contributed by atoms with van der Waals surface area (Å²) < 4.78 is 26.5. The second-order valence-electron chi connectivity index (χ2n) is 7.02. The molecule has 0 heterocycles. The summed E-state index contributed by atoms with van der Waals surface area (Å²) in [6, 6.07) is 5.79. The zero-order valence-corrected chi connectivity index (χ0v) is 14.4. The summed E-state index contributed by atoms with van der Waals surface area (Å²) in [6.07, 6.45) is 4.96. The molecule has 2 saturated carbocycles. The van der Waals surface area contributed by atoms with E-state index in [0.717, 1.165) is 17.9 Å². The van der Waals surface area contributed by atoms with Crippen molar-refractivity contribution in [3.63, 3.8) is 0 Å². The van der Waals surface area contributed by atoms with Crippen molar-refractivity contribution in [2.24, 2.45) is 17.8 Å². The summed E-state index contributed by atoms with van der Waals surface area (Å²) in [5, 5.41) is 2.81. The standard InChI is InChI=1S/C17H24N2O3S/c1-11-3-7-15(8-4-11)23(21,22)19-17(20)18-12(2)16-10-13-5-6-14(16)9-13/h3-4,7-8,12-14,16H,5-6,9-10H2,1-2H3,(H2,18,19,20)/t12-,13+,14+,16+/m0/s1. The molecule has 2 amide bonds. The van der Waals surface area contributed by atoms with Crippen LogP contribution in [0.5, 0.6) is 0 Å². The largest absolute Gasteiger partial charge is 0.335 e. The van der Waals surface area contributed by atoms with Crippen LogP contribution in [-0.2, 0) is 10.0 Å². The number of carbonyl (C=O) groups is 1. The zero-order valence-electron chi connectivity index (χ0n) is 13.6. The Labute approximate surface area is 137 Å². The van der Waals surface area contributed by atoms with E-state index in [0.29, 0.717) is 11.8 Å². The first-order valence-corrected chi connectivity index (χ1v) is 9.73. The predicted octanol–water partition coefficient (Wildman–Crippen LogP) is 2.81. The van der Waals surface area contributed by atoms with E-state index in [9.17, 15) is 13.2 Å². The molecule has 126 valence electrons. The van der Waals surface area contributed by atoms with E-state index in [1.165, 1.54) is 31.4 Å². The lowest BCUT2D eigenvalue weighted by atomic mass is 9.84. The Hall–Kier alpha value is -1.56. The smallest absolute Gasteiger partial charge is 0.328 e. The van der Waals surface area contributed by atoms with Crippen LogP contribution in [0.3, 0.4) is 0 Å². The van der Waals surface area contributed by atoms with Crippen molar-refractivity contribution in [2.75, 3.05) is 0 Å². The third-order valence-corrected chi connectivity index (χ3v) is 6.70. The number of benzene rings is 1. The van der Waals surface area contributed by atoms with E-state index in [-0.39, 0.29) is 10.9 Å². The SMILES string of the molecule is Cc1ccc(S(=O)(=O)NC(=O)N[C@@H](C)[C@H]2C[C@@H]3CC[C@@H]2C3)cc1. The molecule has 2 aliphatic rings. The molecule has 0 spiro atoms. The fourth-order valence-electron chi connectivity index (χ4n) is 4.15. The highest BCUT2D eigenvalue weighted by atomic mass is 32.2. The highest BCUT2D eigenvalue weighted by Gasteiger charge is 2.42. The number of amides is 2. The molecule has 1 aromatic carbocycles. The van der Waals surface area contributed by atoms with Crippen molar-refractivity contribution >= 4 is 16.1 Å². The molecule has 0 radical (unpaired) electrons. The van der Waals surface area contributed by atoms with Crippen molar-refractivity contribution in [3.8, 4) is 0 Å². The molecule has 1 aromatic rings. The van der Waals surface area contributed by atoms with Gasteiger partial charge < -0.3 is 5.32 Å². The number of aryl methyl sites for hydroxylation is 1. The number of sulfonamides is 1. The van der Waals surface area contributed by atoms with Gasteiger partial charge in [0.1, 0.15) is 0 Å². The minimum atomic E-state index is -3.82. The minimum absolute atomic E-state index is 0.00137. The van der Waals surface area contributed by atoms with E-state index < -0.39 is 16.1 Å². The van der Waals surface area contributed by atoms with E-state index in [1.54, 1.807) is 12.1 Å². The Morgan fingerprint density at radius 1 is 1.17 bits per heavy atom. The van der Waals surface area contributed by atoms with Gasteiger partial charge in [0.05, 0.1) is 4.90 Å². The Morgan fingerprint density at radius 3 is 2.43 bits per heavy atom. The molecule has 4 atom stereocenters. The Balaban J connectivity index is 1.59. The van der Waals surface area contributed by atoms with E-state index in [1.807, 2.05) is 13.8 Å². The normalized spacial score (nSPS) is 27.7. The molecule has 0 unspecified atom stereocenters. The lowest BCUT2D eigenvalue weighted by Gasteiger charge is -2.28. The molecule has 2 bridgehead atoms. The molecule has 5 nitrogen and oxygen atoms in total. The van der Waals surface area contributed by atoms with E-state index in [4.69, 9.17) is 0 Å². The van der Waals surface area contributed by atoms with Crippen LogP contribution in [0.4, 0.5) is 4.79 Å². The molecule has 3 rings (SSSR count). The third-order valence-electron chi connectivity index (χ3n) is 5.35. The number of urea groups is 1. The number of carbonyl (C=O) groups excluding carboxylic acids is 1. The average Bonchev–Trinajstić information content (AvgIpc) is 3.09. The first kappa shape index (κ1) is 16.3. The van der Waals surface area contributed by atoms with Crippen molar-refractivity contribution < 1.29 is 13.2 Å². The second-order valence-corrected chi connectivity index (χ2v) is 8.70. The minimum Gasteiger partial charge on any atom is -0.335 e. The first-order chi connectivity index (χ1) is 10.8. The summed E-state index contributed by atoms with van der Waals surface area (Å²) in [7, 11) is -3.82. The quantitative estimate of drug-likeness (QED) is 0.888. The number of fused-ring (bicyclic) bond motifs is 2. The lowest BCUT2D eigenvalue weighted by molar-refractivity contribution is 0.224. The van der Waals surface area contributed by atoms with Gasteiger partial charge in [0, 0.05) is 6.04 Å². The number of hydrogen-bond donors (Lipinski definition) is 2. The summed E-state index contributed by atoms with van der Waals surface area (Å²) >= 11 is 0.